The Morgan fingerprint density at radius 1 is 0.375 bits per heavy atom. The van der Waals surface area contributed by atoms with Crippen molar-refractivity contribution in [3.8, 4) is 23.7 Å². The highest BCUT2D eigenvalue weighted by atomic mass is 14.1. The summed E-state index contributed by atoms with van der Waals surface area (Å²) in [4.78, 5) is 0. The number of aryl methyl sites for hydroxylation is 2. The Morgan fingerprint density at radius 2 is 0.688 bits per heavy atom. The molecule has 0 radical (unpaired) electrons. The molecule has 0 aliphatic carbocycles. The van der Waals surface area contributed by atoms with E-state index in [1.165, 1.54) is 11.1 Å². The van der Waals surface area contributed by atoms with E-state index < -0.39 is 0 Å². The highest BCUT2D eigenvalue weighted by Crippen LogP contribution is 2.32. The summed E-state index contributed by atoms with van der Waals surface area (Å²) in [6.45, 7) is 4.18. The van der Waals surface area contributed by atoms with Crippen molar-refractivity contribution in [2.24, 2.45) is 0 Å². The molecule has 0 aromatic heterocycles. The molecule has 0 aliphatic heterocycles. The van der Waals surface area contributed by atoms with Crippen LogP contribution in [0.25, 0.3) is 21.5 Å². The van der Waals surface area contributed by atoms with Gasteiger partial charge in [0.2, 0.25) is 0 Å². The molecule has 0 amide bonds. The molecule has 0 atom stereocenters. The minimum absolute atomic E-state index is 1.02. The summed E-state index contributed by atoms with van der Waals surface area (Å²) < 4.78 is 0. The zero-order valence-electron chi connectivity index (χ0n) is 18.2. The van der Waals surface area contributed by atoms with Gasteiger partial charge in [-0.05, 0) is 59.7 Å². The van der Waals surface area contributed by atoms with Crippen LogP contribution in [0.2, 0.25) is 0 Å². The lowest BCUT2D eigenvalue weighted by atomic mass is 9.92. The quantitative estimate of drug-likeness (QED) is 0.185. The fourth-order valence-corrected chi connectivity index (χ4v) is 3.94. The Balaban J connectivity index is 1.75. The van der Waals surface area contributed by atoms with Crippen LogP contribution in [0, 0.1) is 37.5 Å². The molecule has 0 fully saturated rings. The first kappa shape index (κ1) is 19.7. The number of benzene rings is 5. The van der Waals surface area contributed by atoms with Gasteiger partial charge in [0.25, 0.3) is 0 Å². The molecule has 0 bridgehead atoms. The first-order valence-corrected chi connectivity index (χ1v) is 10.8. The summed E-state index contributed by atoms with van der Waals surface area (Å²) in [5.41, 5.74) is 6.63. The summed E-state index contributed by atoms with van der Waals surface area (Å²) in [5.74, 6) is 13.7. The normalized spacial score (nSPS) is 10.3. The lowest BCUT2D eigenvalue weighted by Gasteiger charge is -2.10. The number of hydrogen-bond donors (Lipinski definition) is 0. The van der Waals surface area contributed by atoms with Gasteiger partial charge in [-0.2, -0.15) is 0 Å². The Kier molecular flexibility index (Phi) is 5.21. The van der Waals surface area contributed by atoms with E-state index in [4.69, 9.17) is 0 Å². The first-order valence-electron chi connectivity index (χ1n) is 10.8. The van der Waals surface area contributed by atoms with E-state index in [1.807, 2.05) is 0 Å². The fraction of sp³-hybridized carbons (Fsp3) is 0.0625. The van der Waals surface area contributed by atoms with Crippen LogP contribution < -0.4 is 0 Å². The highest BCUT2D eigenvalue weighted by Gasteiger charge is 2.11. The molecule has 0 N–H and O–H groups in total. The lowest BCUT2D eigenvalue weighted by molar-refractivity contribution is 1.46. The van der Waals surface area contributed by atoms with Crippen molar-refractivity contribution in [2.45, 2.75) is 13.8 Å². The Hall–Kier alpha value is -4.26. The third kappa shape index (κ3) is 3.88. The predicted molar refractivity (Wildman–Crippen MR) is 136 cm³/mol. The summed E-state index contributed by atoms with van der Waals surface area (Å²) in [6.07, 6.45) is 0. The second kappa shape index (κ2) is 8.47. The van der Waals surface area contributed by atoms with E-state index in [-0.39, 0.29) is 0 Å². The van der Waals surface area contributed by atoms with E-state index in [0.29, 0.717) is 0 Å². The monoisotopic (exact) mass is 406 g/mol. The molecule has 32 heavy (non-hydrogen) atoms. The molecular weight excluding hydrogens is 384 g/mol. The van der Waals surface area contributed by atoms with Crippen molar-refractivity contribution in [1.82, 2.24) is 0 Å². The smallest absolute Gasteiger partial charge is 0.0406 e. The molecule has 0 spiro atoms. The zero-order chi connectivity index (χ0) is 21.9. The Labute approximate surface area is 189 Å². The van der Waals surface area contributed by atoms with Gasteiger partial charge in [-0.3, -0.25) is 0 Å². The minimum atomic E-state index is 1.02. The first-order chi connectivity index (χ1) is 15.7. The van der Waals surface area contributed by atoms with E-state index in [2.05, 4.69) is 135 Å². The van der Waals surface area contributed by atoms with Gasteiger partial charge in [0.15, 0.2) is 0 Å². The van der Waals surface area contributed by atoms with Crippen LogP contribution in [0.4, 0.5) is 0 Å². The average molecular weight is 407 g/mol. The van der Waals surface area contributed by atoms with Gasteiger partial charge in [-0.1, -0.05) is 108 Å². The summed E-state index contributed by atoms with van der Waals surface area (Å²) >= 11 is 0. The van der Waals surface area contributed by atoms with E-state index in [0.717, 1.165) is 43.8 Å². The largest absolute Gasteiger partial charge is 0.0616 e. The van der Waals surface area contributed by atoms with Gasteiger partial charge in [-0.15, -0.1) is 0 Å². The van der Waals surface area contributed by atoms with Gasteiger partial charge in [-0.25, -0.2) is 0 Å². The molecule has 0 nitrogen and oxygen atoms in total. The molecule has 0 unspecified atom stereocenters. The molecule has 5 rings (SSSR count). The van der Waals surface area contributed by atoms with Crippen LogP contribution in [0.5, 0.6) is 0 Å². The molecule has 0 heterocycles. The fourth-order valence-electron chi connectivity index (χ4n) is 3.94. The maximum absolute atomic E-state index is 3.48. The van der Waals surface area contributed by atoms with Crippen molar-refractivity contribution in [3.05, 3.63) is 130 Å². The van der Waals surface area contributed by atoms with E-state index >= 15 is 0 Å². The van der Waals surface area contributed by atoms with Gasteiger partial charge in [0.05, 0.1) is 0 Å². The second-order valence-corrected chi connectivity index (χ2v) is 8.07. The van der Waals surface area contributed by atoms with Crippen LogP contribution in [0.15, 0.2) is 97.1 Å². The van der Waals surface area contributed by atoms with Crippen molar-refractivity contribution in [3.63, 3.8) is 0 Å². The van der Waals surface area contributed by atoms with Crippen LogP contribution >= 0.6 is 0 Å². The van der Waals surface area contributed by atoms with Gasteiger partial charge < -0.3 is 0 Å². The Bertz CT molecular complexity index is 1380. The van der Waals surface area contributed by atoms with E-state index in [9.17, 15) is 0 Å². The number of hydrogen-bond acceptors (Lipinski definition) is 0. The molecular formula is C32H22. The van der Waals surface area contributed by atoms with Crippen molar-refractivity contribution in [1.29, 1.82) is 0 Å². The maximum atomic E-state index is 3.48. The SMILES string of the molecule is Cc1ccc(C#Cc2c3ccccc3c(C#Cc3ccc(C)cc3)c3ccccc23)cc1. The molecule has 0 heteroatoms. The maximum Gasteiger partial charge on any atom is 0.0406 e. The van der Waals surface area contributed by atoms with Gasteiger partial charge in [0, 0.05) is 22.3 Å². The predicted octanol–water partition coefficient (Wildman–Crippen LogP) is 7.41. The number of rotatable bonds is 0. The van der Waals surface area contributed by atoms with Crippen molar-refractivity contribution < 1.29 is 0 Å². The molecule has 0 aliphatic rings. The summed E-state index contributed by atoms with van der Waals surface area (Å²) in [5, 5.41) is 4.55. The zero-order valence-corrected chi connectivity index (χ0v) is 18.2. The van der Waals surface area contributed by atoms with E-state index in [1.54, 1.807) is 0 Å². The highest BCUT2D eigenvalue weighted by molar-refractivity contribution is 6.09. The van der Waals surface area contributed by atoms with Crippen molar-refractivity contribution >= 4 is 21.5 Å². The van der Waals surface area contributed by atoms with Crippen LogP contribution in [0.1, 0.15) is 33.4 Å². The molecule has 0 saturated heterocycles. The van der Waals surface area contributed by atoms with Crippen LogP contribution in [-0.2, 0) is 0 Å². The topological polar surface area (TPSA) is 0 Å². The lowest BCUT2D eigenvalue weighted by Crippen LogP contribution is -1.90. The van der Waals surface area contributed by atoms with Crippen LogP contribution in [-0.4, -0.2) is 0 Å². The summed E-state index contributed by atoms with van der Waals surface area (Å²) in [6, 6.07) is 33.6. The second-order valence-electron chi connectivity index (χ2n) is 8.07. The Morgan fingerprint density at radius 3 is 1.00 bits per heavy atom. The average Bonchev–Trinajstić information content (AvgIpc) is 2.83. The third-order valence-corrected chi connectivity index (χ3v) is 5.70. The van der Waals surface area contributed by atoms with Crippen LogP contribution in [0.3, 0.4) is 0 Å². The van der Waals surface area contributed by atoms with Gasteiger partial charge >= 0.3 is 0 Å². The third-order valence-electron chi connectivity index (χ3n) is 5.70. The molecule has 0 saturated carbocycles. The summed E-state index contributed by atoms with van der Waals surface area (Å²) in [7, 11) is 0. The van der Waals surface area contributed by atoms with Gasteiger partial charge in [0.1, 0.15) is 0 Å². The molecule has 5 aromatic carbocycles. The minimum Gasteiger partial charge on any atom is -0.0616 e. The molecule has 5 aromatic rings. The number of fused-ring (bicyclic) bond motifs is 2. The molecule has 150 valence electrons. The standard InChI is InChI=1S/C32H22/c1-23-11-15-25(16-12-23)19-21-31-27-7-3-5-9-29(27)32(30-10-6-4-8-28(30)31)22-20-26-17-13-24(2)14-18-26/h3-18H,1-2H3. The van der Waals surface area contributed by atoms with Crippen molar-refractivity contribution in [2.75, 3.05) is 0 Å².